The first-order valence-electron chi connectivity index (χ1n) is 14.0. The van der Waals surface area contributed by atoms with Crippen LogP contribution in [0.15, 0.2) is 58.8 Å². The van der Waals surface area contributed by atoms with Crippen molar-refractivity contribution < 1.29 is 33.5 Å². The number of nitro groups is 1. The third-order valence-corrected chi connectivity index (χ3v) is 7.16. The van der Waals surface area contributed by atoms with Gasteiger partial charge in [-0.3, -0.25) is 14.9 Å². The van der Waals surface area contributed by atoms with Crippen LogP contribution in [-0.4, -0.2) is 53.9 Å². The highest BCUT2D eigenvalue weighted by Crippen LogP contribution is 2.34. The molecule has 1 atom stereocenters. The first-order chi connectivity index (χ1) is 21.4. The smallest absolute Gasteiger partial charge is 0.338 e. The summed E-state index contributed by atoms with van der Waals surface area (Å²) in [5, 5.41) is 20.8. The first-order valence-corrected chi connectivity index (χ1v) is 14.0. The molecule has 0 fully saturated rings. The molecule has 0 saturated heterocycles. The number of urea groups is 1. The van der Waals surface area contributed by atoms with Gasteiger partial charge in [-0.1, -0.05) is 12.1 Å². The second-order valence-corrected chi connectivity index (χ2v) is 10.2. The van der Waals surface area contributed by atoms with Crippen molar-refractivity contribution in [1.82, 2.24) is 20.6 Å². The Morgan fingerprint density at radius 2 is 1.87 bits per heavy atom. The Kier molecular flexibility index (Phi) is 9.86. The zero-order valence-electron chi connectivity index (χ0n) is 25.7. The molecule has 45 heavy (non-hydrogen) atoms. The molecule has 1 aromatic heterocycles. The van der Waals surface area contributed by atoms with Crippen LogP contribution in [0, 0.1) is 30.9 Å². The number of methoxy groups -OCH3 is 1. The van der Waals surface area contributed by atoms with E-state index in [2.05, 4.69) is 21.2 Å². The molecule has 1 aliphatic rings. The molecule has 1 aliphatic heterocycles. The molecule has 0 radical (unpaired) electrons. The van der Waals surface area contributed by atoms with Gasteiger partial charge >= 0.3 is 12.0 Å². The number of carbonyl (C=O) groups excluding carboxylic acids is 3. The number of aryl methyl sites for hydroxylation is 2. The summed E-state index contributed by atoms with van der Waals surface area (Å²) in [6, 6.07) is 10.5. The molecule has 2 heterocycles. The summed E-state index contributed by atoms with van der Waals surface area (Å²) in [5.41, 5.74) is 7.17. The van der Waals surface area contributed by atoms with Crippen LogP contribution in [0.3, 0.4) is 0 Å². The summed E-state index contributed by atoms with van der Waals surface area (Å²) in [5.74, 6) is -0.560. The highest BCUT2D eigenvalue weighted by atomic mass is 16.6. The zero-order valence-corrected chi connectivity index (χ0v) is 25.7. The van der Waals surface area contributed by atoms with Gasteiger partial charge in [-0.25, -0.2) is 15.0 Å². The summed E-state index contributed by atoms with van der Waals surface area (Å²) in [7, 11) is 1.43. The maximum atomic E-state index is 12.6. The van der Waals surface area contributed by atoms with E-state index in [1.54, 1.807) is 45.0 Å². The van der Waals surface area contributed by atoms with Crippen molar-refractivity contribution in [2.24, 2.45) is 5.10 Å². The van der Waals surface area contributed by atoms with E-state index < -0.39 is 28.9 Å². The van der Waals surface area contributed by atoms with Gasteiger partial charge < -0.3 is 29.4 Å². The fourth-order valence-corrected chi connectivity index (χ4v) is 5.00. The standard InChI is InChI=1S/C31H34N6O8/c1-7-44-30(39)28-19(4)33-31(40)34-29(28)21-9-11-25(26(13-21)43-6)45-16-27(38)35-32-15-22-12-18(3)36(20(22)5)23-10-8-17(2)24(14-23)37(41)42/h8-15,29H,7,16H2,1-6H3,(H,35,38)(H2,33,34,40)/b32-15-/t29-/m0/s1. The third-order valence-electron chi connectivity index (χ3n) is 7.16. The molecule has 14 nitrogen and oxygen atoms in total. The molecule has 0 spiro atoms. The Morgan fingerprint density at radius 1 is 1.11 bits per heavy atom. The lowest BCUT2D eigenvalue weighted by molar-refractivity contribution is -0.385. The van der Waals surface area contributed by atoms with Crippen molar-refractivity contribution in [2.75, 3.05) is 20.3 Å². The number of esters is 1. The van der Waals surface area contributed by atoms with Crippen LogP contribution in [0.1, 0.15) is 48.0 Å². The molecule has 0 unspecified atom stereocenters. The van der Waals surface area contributed by atoms with Gasteiger partial charge in [0.25, 0.3) is 11.6 Å². The second kappa shape index (κ2) is 13.8. The van der Waals surface area contributed by atoms with E-state index >= 15 is 0 Å². The number of hydrazone groups is 1. The van der Waals surface area contributed by atoms with Gasteiger partial charge in [0, 0.05) is 34.3 Å². The fraction of sp³-hybridized carbons (Fsp3) is 0.290. The van der Waals surface area contributed by atoms with E-state index in [-0.39, 0.29) is 36.0 Å². The lowest BCUT2D eigenvalue weighted by atomic mass is 9.95. The number of aromatic nitrogens is 1. The summed E-state index contributed by atoms with van der Waals surface area (Å²) >= 11 is 0. The number of allylic oxidation sites excluding steroid dienone is 1. The van der Waals surface area contributed by atoms with Gasteiger partial charge in [-0.2, -0.15) is 5.10 Å². The first kappa shape index (κ1) is 32.3. The Labute approximate surface area is 259 Å². The number of hydrogen-bond acceptors (Lipinski definition) is 9. The minimum Gasteiger partial charge on any atom is -0.493 e. The molecule has 236 valence electrons. The van der Waals surface area contributed by atoms with Crippen molar-refractivity contribution in [1.29, 1.82) is 0 Å². The van der Waals surface area contributed by atoms with Crippen LogP contribution in [0.2, 0.25) is 0 Å². The lowest BCUT2D eigenvalue weighted by Gasteiger charge is -2.28. The van der Waals surface area contributed by atoms with Gasteiger partial charge in [0.1, 0.15) is 0 Å². The average Bonchev–Trinajstić information content (AvgIpc) is 3.27. The number of amides is 3. The Bertz CT molecular complexity index is 1720. The third kappa shape index (κ3) is 7.12. The van der Waals surface area contributed by atoms with E-state index in [0.29, 0.717) is 28.1 Å². The van der Waals surface area contributed by atoms with E-state index in [4.69, 9.17) is 14.2 Å². The van der Waals surface area contributed by atoms with E-state index in [1.807, 2.05) is 30.5 Å². The second-order valence-electron chi connectivity index (χ2n) is 10.2. The molecular formula is C31H34N6O8. The van der Waals surface area contributed by atoms with Crippen LogP contribution >= 0.6 is 0 Å². The number of hydrogen-bond donors (Lipinski definition) is 3. The predicted molar refractivity (Wildman–Crippen MR) is 165 cm³/mol. The number of nitrogens with zero attached hydrogens (tertiary/aromatic N) is 3. The molecule has 3 amide bonds. The summed E-state index contributed by atoms with van der Waals surface area (Å²) in [6.45, 7) is 8.50. The summed E-state index contributed by atoms with van der Waals surface area (Å²) in [4.78, 5) is 48.3. The average molecular weight is 619 g/mol. The van der Waals surface area contributed by atoms with Crippen molar-refractivity contribution in [2.45, 2.75) is 40.7 Å². The number of rotatable bonds is 11. The SMILES string of the molecule is CCOC(=O)C1=C(C)NC(=O)N[C@H]1c1ccc(OCC(=O)N/N=C\c2cc(C)n(-c3ccc(C)c([N+](=O)[O-])c3)c2C)c(OC)c1. The number of ether oxygens (including phenoxy) is 3. The molecule has 0 bridgehead atoms. The summed E-state index contributed by atoms with van der Waals surface area (Å²) in [6.07, 6.45) is 1.48. The number of nitrogens with one attached hydrogen (secondary N) is 3. The van der Waals surface area contributed by atoms with Gasteiger partial charge in [0.05, 0.1) is 42.2 Å². The Balaban J connectivity index is 1.43. The van der Waals surface area contributed by atoms with Crippen molar-refractivity contribution >= 4 is 29.8 Å². The minimum atomic E-state index is -0.790. The van der Waals surface area contributed by atoms with E-state index in [1.165, 1.54) is 19.4 Å². The maximum absolute atomic E-state index is 12.6. The monoisotopic (exact) mass is 618 g/mol. The Morgan fingerprint density at radius 3 is 2.56 bits per heavy atom. The number of benzene rings is 2. The minimum absolute atomic E-state index is 0.0279. The largest absolute Gasteiger partial charge is 0.493 e. The van der Waals surface area contributed by atoms with Crippen LogP contribution in [0.5, 0.6) is 11.5 Å². The molecular weight excluding hydrogens is 584 g/mol. The molecule has 14 heteroatoms. The van der Waals surface area contributed by atoms with Gasteiger partial charge in [-0.05, 0) is 64.4 Å². The maximum Gasteiger partial charge on any atom is 0.338 e. The van der Waals surface area contributed by atoms with Crippen LogP contribution in [0.25, 0.3) is 5.69 Å². The quantitative estimate of drug-likeness (QED) is 0.125. The Hall–Kier alpha value is -5.66. The molecule has 3 N–H and O–H groups in total. The molecule has 0 saturated carbocycles. The van der Waals surface area contributed by atoms with Crippen LogP contribution in [-0.2, 0) is 14.3 Å². The van der Waals surface area contributed by atoms with Crippen LogP contribution < -0.4 is 25.5 Å². The normalized spacial score (nSPS) is 14.5. The molecule has 3 aromatic rings. The van der Waals surface area contributed by atoms with Crippen LogP contribution in [0.4, 0.5) is 10.5 Å². The molecule has 2 aromatic carbocycles. The van der Waals surface area contributed by atoms with Crippen molar-refractivity contribution in [3.63, 3.8) is 0 Å². The van der Waals surface area contributed by atoms with Crippen molar-refractivity contribution in [3.05, 3.63) is 91.9 Å². The van der Waals surface area contributed by atoms with Gasteiger partial charge in [-0.15, -0.1) is 0 Å². The number of carbonyl (C=O) groups is 3. The molecule has 0 aliphatic carbocycles. The van der Waals surface area contributed by atoms with Gasteiger partial charge in [0.2, 0.25) is 0 Å². The topological polar surface area (TPSA) is 175 Å². The highest BCUT2D eigenvalue weighted by Gasteiger charge is 2.32. The summed E-state index contributed by atoms with van der Waals surface area (Å²) < 4.78 is 18.2. The highest BCUT2D eigenvalue weighted by molar-refractivity contribution is 5.95. The van der Waals surface area contributed by atoms with E-state index in [0.717, 1.165) is 11.4 Å². The lowest BCUT2D eigenvalue weighted by Crippen LogP contribution is -2.45. The van der Waals surface area contributed by atoms with E-state index in [9.17, 15) is 24.5 Å². The fourth-order valence-electron chi connectivity index (χ4n) is 5.00. The number of nitro benzene ring substituents is 1. The van der Waals surface area contributed by atoms with Crippen molar-refractivity contribution in [3.8, 4) is 17.2 Å². The zero-order chi connectivity index (χ0) is 32.8. The molecule has 4 rings (SSSR count). The predicted octanol–water partition coefficient (Wildman–Crippen LogP) is 4.04. The van der Waals surface area contributed by atoms with Gasteiger partial charge in [0.15, 0.2) is 18.1 Å².